The van der Waals surface area contributed by atoms with Crippen LogP contribution in [-0.2, 0) is 16.2 Å². The van der Waals surface area contributed by atoms with Gasteiger partial charge in [0.2, 0.25) is 0 Å². The van der Waals surface area contributed by atoms with E-state index in [1.807, 2.05) is 45.0 Å². The van der Waals surface area contributed by atoms with Crippen molar-refractivity contribution in [2.75, 3.05) is 11.5 Å². The predicted molar refractivity (Wildman–Crippen MR) is 151 cm³/mol. The first-order chi connectivity index (χ1) is 17.7. The predicted octanol–water partition coefficient (Wildman–Crippen LogP) is 6.21. The van der Waals surface area contributed by atoms with E-state index >= 15 is 0 Å². The number of barbiturate groups is 1. The number of amides is 4. The summed E-state index contributed by atoms with van der Waals surface area (Å²) in [5.41, 5.74) is 3.49. The van der Waals surface area contributed by atoms with E-state index in [2.05, 4.69) is 27.9 Å². The van der Waals surface area contributed by atoms with Crippen LogP contribution in [-0.4, -0.2) is 24.5 Å². The number of urea groups is 1. The lowest BCUT2D eigenvalue weighted by Crippen LogP contribution is -2.54. The fourth-order valence-electron chi connectivity index (χ4n) is 3.91. The van der Waals surface area contributed by atoms with Crippen LogP contribution in [0.15, 0.2) is 60.2 Å². The Labute approximate surface area is 233 Å². The van der Waals surface area contributed by atoms with E-state index in [0.717, 1.165) is 25.2 Å². The Balaban J connectivity index is 1.67. The normalized spacial score (nSPS) is 14.7. The topological polar surface area (TPSA) is 84.9 Å². The van der Waals surface area contributed by atoms with Gasteiger partial charge in [0, 0.05) is 5.02 Å². The van der Waals surface area contributed by atoms with Gasteiger partial charge >= 0.3 is 6.03 Å². The molecule has 0 saturated carbocycles. The van der Waals surface area contributed by atoms with Crippen LogP contribution in [0, 0.1) is 17.4 Å². The summed E-state index contributed by atoms with van der Waals surface area (Å²) in [6.45, 7) is 6.28. The fraction of sp³-hybridized carbons (Fsp3) is 0.179. The van der Waals surface area contributed by atoms with Gasteiger partial charge in [-0.3, -0.25) is 14.9 Å². The highest BCUT2D eigenvalue weighted by atomic mass is 127. The van der Waals surface area contributed by atoms with E-state index in [-0.39, 0.29) is 5.57 Å². The van der Waals surface area contributed by atoms with Crippen molar-refractivity contribution in [1.82, 2.24) is 5.32 Å². The van der Waals surface area contributed by atoms with E-state index in [1.54, 1.807) is 30.3 Å². The van der Waals surface area contributed by atoms with Crippen LogP contribution in [0.2, 0.25) is 5.02 Å². The zero-order chi connectivity index (χ0) is 26.7. The van der Waals surface area contributed by atoms with Gasteiger partial charge in [0.1, 0.15) is 12.2 Å². The van der Waals surface area contributed by atoms with E-state index in [1.165, 1.54) is 6.08 Å². The highest BCUT2D eigenvalue weighted by Crippen LogP contribution is 2.36. The van der Waals surface area contributed by atoms with Crippen molar-refractivity contribution < 1.29 is 23.9 Å². The summed E-state index contributed by atoms with van der Waals surface area (Å²) >= 11 is 8.09. The molecule has 4 amide bonds. The Morgan fingerprint density at radius 3 is 2.41 bits per heavy atom. The van der Waals surface area contributed by atoms with Crippen molar-refractivity contribution in [1.29, 1.82) is 0 Å². The molecular weight excluding hydrogens is 607 g/mol. The van der Waals surface area contributed by atoms with E-state index in [0.29, 0.717) is 41.0 Å². The molecule has 0 bridgehead atoms. The molecule has 0 aliphatic carbocycles. The highest BCUT2D eigenvalue weighted by Gasteiger charge is 2.37. The fourth-order valence-corrected chi connectivity index (χ4v) is 4.82. The monoisotopic (exact) mass is 630 g/mol. The van der Waals surface area contributed by atoms with Crippen molar-refractivity contribution >= 4 is 63.8 Å². The first-order valence-electron chi connectivity index (χ1n) is 11.5. The molecule has 1 aliphatic heterocycles. The Morgan fingerprint density at radius 2 is 1.73 bits per heavy atom. The second kappa shape index (κ2) is 11.4. The van der Waals surface area contributed by atoms with Gasteiger partial charge < -0.3 is 9.47 Å². The maximum absolute atomic E-state index is 13.3. The van der Waals surface area contributed by atoms with Crippen molar-refractivity contribution in [3.63, 3.8) is 0 Å². The summed E-state index contributed by atoms with van der Waals surface area (Å²) in [4.78, 5) is 39.6. The quantitative estimate of drug-likeness (QED) is 0.191. The molecule has 37 heavy (non-hydrogen) atoms. The van der Waals surface area contributed by atoms with Crippen molar-refractivity contribution in [3.8, 4) is 11.5 Å². The zero-order valence-corrected chi connectivity index (χ0v) is 23.3. The van der Waals surface area contributed by atoms with Crippen LogP contribution in [0.5, 0.6) is 11.5 Å². The molecule has 1 saturated heterocycles. The third kappa shape index (κ3) is 5.97. The molecule has 3 aromatic carbocycles. The number of aryl methyl sites for hydroxylation is 2. The Hall–Kier alpha value is -3.37. The summed E-state index contributed by atoms with van der Waals surface area (Å²) in [5.74, 6) is -0.434. The first-order valence-corrected chi connectivity index (χ1v) is 13.0. The number of nitrogens with one attached hydrogen (secondary N) is 1. The standard InChI is InChI=1S/C28H24ClIN2O5/c1-4-36-24-14-19(13-22(30)25(24)37-15-18-6-8-20(29)9-7-18)12-21-26(33)31-28(35)32(27(21)34)23-10-5-16(2)11-17(23)3/h5-14H,4,15H2,1-3H3,(H,31,33,35)/b21-12+. The highest BCUT2D eigenvalue weighted by molar-refractivity contribution is 14.1. The van der Waals surface area contributed by atoms with Gasteiger partial charge in [-0.2, -0.15) is 0 Å². The van der Waals surface area contributed by atoms with Gasteiger partial charge in [0.05, 0.1) is 15.9 Å². The second-order valence-electron chi connectivity index (χ2n) is 8.43. The molecule has 190 valence electrons. The summed E-state index contributed by atoms with van der Waals surface area (Å²) < 4.78 is 12.6. The number of ether oxygens (including phenoxy) is 2. The van der Waals surface area contributed by atoms with Crippen molar-refractivity contribution in [2.24, 2.45) is 0 Å². The molecule has 1 aliphatic rings. The molecule has 3 aromatic rings. The van der Waals surface area contributed by atoms with Gasteiger partial charge in [-0.25, -0.2) is 9.69 Å². The molecule has 9 heteroatoms. The maximum atomic E-state index is 13.3. The molecule has 0 radical (unpaired) electrons. The second-order valence-corrected chi connectivity index (χ2v) is 10.0. The molecule has 0 aromatic heterocycles. The summed E-state index contributed by atoms with van der Waals surface area (Å²) in [6.07, 6.45) is 1.45. The molecular formula is C28H24ClIN2O5. The lowest BCUT2D eigenvalue weighted by atomic mass is 10.0. The van der Waals surface area contributed by atoms with Crippen LogP contribution < -0.4 is 19.7 Å². The molecule has 0 atom stereocenters. The summed E-state index contributed by atoms with van der Waals surface area (Å²) in [6, 6.07) is 15.4. The van der Waals surface area contributed by atoms with E-state index < -0.39 is 17.8 Å². The Bertz CT molecular complexity index is 1420. The minimum Gasteiger partial charge on any atom is -0.490 e. The molecule has 0 unspecified atom stereocenters. The number of anilines is 1. The third-order valence-corrected chi connectivity index (χ3v) is 6.69. The van der Waals surface area contributed by atoms with Gasteiger partial charge in [-0.15, -0.1) is 0 Å². The number of carbonyl (C=O) groups is 3. The summed E-state index contributed by atoms with van der Waals surface area (Å²) in [5, 5.41) is 2.91. The maximum Gasteiger partial charge on any atom is 0.335 e. The number of nitrogens with zero attached hydrogens (tertiary/aromatic N) is 1. The molecule has 0 spiro atoms. The Kier molecular flexibility index (Phi) is 8.19. The number of halogens is 2. The van der Waals surface area contributed by atoms with Gasteiger partial charge in [-0.05, 0) is 96.5 Å². The van der Waals surface area contributed by atoms with Gasteiger partial charge in [0.25, 0.3) is 11.8 Å². The number of rotatable bonds is 7. The lowest BCUT2D eigenvalue weighted by molar-refractivity contribution is -0.122. The minimum atomic E-state index is -0.783. The molecule has 4 rings (SSSR count). The smallest absolute Gasteiger partial charge is 0.335 e. The van der Waals surface area contributed by atoms with E-state index in [9.17, 15) is 14.4 Å². The van der Waals surface area contributed by atoms with E-state index in [4.69, 9.17) is 21.1 Å². The van der Waals surface area contributed by atoms with Crippen LogP contribution in [0.1, 0.15) is 29.2 Å². The molecule has 7 nitrogen and oxygen atoms in total. The number of imide groups is 2. The number of carbonyl (C=O) groups excluding carboxylic acids is 3. The van der Waals surface area contributed by atoms with Crippen molar-refractivity contribution in [2.45, 2.75) is 27.4 Å². The van der Waals surface area contributed by atoms with Crippen LogP contribution in [0.3, 0.4) is 0 Å². The van der Waals surface area contributed by atoms with Gasteiger partial charge in [-0.1, -0.05) is 41.4 Å². The SMILES string of the molecule is CCOc1cc(/C=C2\C(=O)NC(=O)N(c3ccc(C)cc3C)C2=O)cc(I)c1OCc1ccc(Cl)cc1. The van der Waals surface area contributed by atoms with Crippen molar-refractivity contribution in [3.05, 3.63) is 91.0 Å². The summed E-state index contributed by atoms with van der Waals surface area (Å²) in [7, 11) is 0. The number of hydrogen-bond acceptors (Lipinski definition) is 5. The van der Waals surface area contributed by atoms with Gasteiger partial charge in [0.15, 0.2) is 11.5 Å². The third-order valence-electron chi connectivity index (χ3n) is 5.63. The Morgan fingerprint density at radius 1 is 1.00 bits per heavy atom. The molecule has 1 heterocycles. The first kappa shape index (κ1) is 26.7. The lowest BCUT2D eigenvalue weighted by Gasteiger charge is -2.27. The molecule has 1 fully saturated rings. The minimum absolute atomic E-state index is 0.160. The zero-order valence-electron chi connectivity index (χ0n) is 20.4. The van der Waals surface area contributed by atoms with Crippen LogP contribution in [0.25, 0.3) is 6.08 Å². The average molecular weight is 631 g/mol. The van der Waals surface area contributed by atoms with Crippen LogP contribution >= 0.6 is 34.2 Å². The van der Waals surface area contributed by atoms with Crippen LogP contribution in [0.4, 0.5) is 10.5 Å². The average Bonchev–Trinajstić information content (AvgIpc) is 2.84. The largest absolute Gasteiger partial charge is 0.490 e. The molecule has 1 N–H and O–H groups in total. The number of benzene rings is 3. The number of hydrogen-bond donors (Lipinski definition) is 1.